The molecule has 0 fully saturated rings. The zero-order valence-electron chi connectivity index (χ0n) is 34.5. The van der Waals surface area contributed by atoms with Gasteiger partial charge in [0.15, 0.2) is 5.82 Å². The number of hydrogen-bond donors (Lipinski definition) is 0. The molecular formula is C59H41N3. The average Bonchev–Trinajstić information content (AvgIpc) is 3.78. The Balaban J connectivity index is 0.948. The van der Waals surface area contributed by atoms with Gasteiger partial charge in [-0.25, -0.2) is 9.97 Å². The molecule has 3 heteroatoms. The maximum Gasteiger partial charge on any atom is 0.160 e. The second-order valence-corrected chi connectivity index (χ2v) is 17.0. The van der Waals surface area contributed by atoms with Gasteiger partial charge in [0, 0.05) is 38.6 Å². The number of hydrogen-bond acceptors (Lipinski definition) is 2. The summed E-state index contributed by atoms with van der Waals surface area (Å²) in [5.41, 5.74) is 18.4. The van der Waals surface area contributed by atoms with Crippen molar-refractivity contribution in [3.05, 3.63) is 223 Å². The van der Waals surface area contributed by atoms with Crippen molar-refractivity contribution in [3.63, 3.8) is 0 Å². The normalized spacial score (nSPS) is 12.8. The Hall–Kier alpha value is -7.88. The molecule has 2 aromatic heterocycles. The standard InChI is InChI=1S/C59H41N3/c1-59(2)51-25-14-24-47(57(51)50-34-42-17-9-10-18-43(42)35-52(50)59)38-27-29-39(30-28-38)53-37-54(61-58(60-53)40-15-5-3-6-16-40)45-20-13-19-41(33-45)44-31-32-49-48-23-11-12-26-55(48)62(56(49)36-44)46-21-7-4-8-22-46/h3-37H,1-2H3. The number of rotatable bonds is 6. The van der Waals surface area contributed by atoms with Crippen molar-refractivity contribution < 1.29 is 0 Å². The smallest absolute Gasteiger partial charge is 0.160 e. The van der Waals surface area contributed by atoms with Crippen molar-refractivity contribution in [2.45, 2.75) is 19.3 Å². The summed E-state index contributed by atoms with van der Waals surface area (Å²) in [6, 6.07) is 76.6. The molecule has 1 aliphatic rings. The van der Waals surface area contributed by atoms with Gasteiger partial charge in [-0.05, 0) is 104 Å². The fourth-order valence-electron chi connectivity index (χ4n) is 9.86. The third-order valence-electron chi connectivity index (χ3n) is 13.0. The molecule has 0 amide bonds. The zero-order valence-corrected chi connectivity index (χ0v) is 34.5. The topological polar surface area (TPSA) is 30.7 Å². The Bertz CT molecular complexity index is 3520. The molecule has 1 aliphatic carbocycles. The van der Waals surface area contributed by atoms with Crippen molar-refractivity contribution in [1.29, 1.82) is 0 Å². The Labute approximate surface area is 361 Å². The molecule has 9 aromatic carbocycles. The highest BCUT2D eigenvalue weighted by molar-refractivity contribution is 6.10. The molecule has 292 valence electrons. The average molecular weight is 792 g/mol. The van der Waals surface area contributed by atoms with Crippen LogP contribution in [0.2, 0.25) is 0 Å². The lowest BCUT2D eigenvalue weighted by atomic mass is 9.81. The van der Waals surface area contributed by atoms with E-state index in [0.717, 1.165) is 44.9 Å². The number of aromatic nitrogens is 3. The predicted molar refractivity (Wildman–Crippen MR) is 259 cm³/mol. The summed E-state index contributed by atoms with van der Waals surface area (Å²) in [4.78, 5) is 10.4. The third-order valence-corrected chi connectivity index (χ3v) is 13.0. The number of benzene rings is 9. The molecule has 0 N–H and O–H groups in total. The lowest BCUT2D eigenvalue weighted by molar-refractivity contribution is 0.661. The van der Waals surface area contributed by atoms with E-state index < -0.39 is 0 Å². The van der Waals surface area contributed by atoms with E-state index in [-0.39, 0.29) is 5.41 Å². The Morgan fingerprint density at radius 1 is 0.371 bits per heavy atom. The summed E-state index contributed by atoms with van der Waals surface area (Å²) in [6.45, 7) is 4.72. The Morgan fingerprint density at radius 2 is 0.968 bits per heavy atom. The largest absolute Gasteiger partial charge is 0.309 e. The van der Waals surface area contributed by atoms with Crippen molar-refractivity contribution >= 4 is 32.6 Å². The van der Waals surface area contributed by atoms with Gasteiger partial charge in [-0.15, -0.1) is 0 Å². The molecule has 3 nitrogen and oxygen atoms in total. The van der Waals surface area contributed by atoms with Crippen LogP contribution in [-0.2, 0) is 5.41 Å². The fourth-order valence-corrected chi connectivity index (χ4v) is 9.86. The predicted octanol–water partition coefficient (Wildman–Crippen LogP) is 15.4. The molecule has 0 aliphatic heterocycles. The van der Waals surface area contributed by atoms with E-state index in [1.807, 2.05) is 18.2 Å². The molecule has 0 spiro atoms. The van der Waals surface area contributed by atoms with E-state index in [1.54, 1.807) is 0 Å². The minimum atomic E-state index is -0.0952. The van der Waals surface area contributed by atoms with Gasteiger partial charge < -0.3 is 4.57 Å². The van der Waals surface area contributed by atoms with E-state index in [2.05, 4.69) is 213 Å². The van der Waals surface area contributed by atoms with Gasteiger partial charge in [0.25, 0.3) is 0 Å². The quantitative estimate of drug-likeness (QED) is 0.168. The van der Waals surface area contributed by atoms with Gasteiger partial charge in [-0.2, -0.15) is 0 Å². The molecular weight excluding hydrogens is 751 g/mol. The second kappa shape index (κ2) is 14.1. The minimum Gasteiger partial charge on any atom is -0.309 e. The summed E-state index contributed by atoms with van der Waals surface area (Å²) in [6.07, 6.45) is 0. The van der Waals surface area contributed by atoms with Crippen LogP contribution in [-0.4, -0.2) is 14.5 Å². The van der Waals surface area contributed by atoms with E-state index in [4.69, 9.17) is 9.97 Å². The highest BCUT2D eigenvalue weighted by Gasteiger charge is 2.37. The van der Waals surface area contributed by atoms with E-state index in [9.17, 15) is 0 Å². The van der Waals surface area contributed by atoms with Crippen molar-refractivity contribution in [2.24, 2.45) is 0 Å². The van der Waals surface area contributed by atoms with Crippen LogP contribution in [0.5, 0.6) is 0 Å². The minimum absolute atomic E-state index is 0.0952. The Morgan fingerprint density at radius 3 is 1.77 bits per heavy atom. The molecule has 2 heterocycles. The van der Waals surface area contributed by atoms with Crippen LogP contribution in [0.15, 0.2) is 212 Å². The molecule has 0 bridgehead atoms. The lowest BCUT2D eigenvalue weighted by Gasteiger charge is -2.22. The molecule has 11 aromatic rings. The molecule has 62 heavy (non-hydrogen) atoms. The Kier molecular flexibility index (Phi) is 8.20. The monoisotopic (exact) mass is 791 g/mol. The first-order chi connectivity index (χ1) is 30.5. The van der Waals surface area contributed by atoms with Gasteiger partial charge in [-0.3, -0.25) is 0 Å². The molecule has 0 unspecified atom stereocenters. The van der Waals surface area contributed by atoms with Gasteiger partial charge in [0.1, 0.15) is 0 Å². The lowest BCUT2D eigenvalue weighted by Crippen LogP contribution is -2.14. The van der Waals surface area contributed by atoms with E-state index in [1.165, 1.54) is 66.0 Å². The van der Waals surface area contributed by atoms with Crippen molar-refractivity contribution in [2.75, 3.05) is 0 Å². The van der Waals surface area contributed by atoms with Crippen LogP contribution in [0.1, 0.15) is 25.0 Å². The first-order valence-electron chi connectivity index (χ1n) is 21.4. The number of para-hydroxylation sites is 2. The van der Waals surface area contributed by atoms with E-state index >= 15 is 0 Å². The molecule has 0 radical (unpaired) electrons. The fraction of sp³-hybridized carbons (Fsp3) is 0.0508. The van der Waals surface area contributed by atoms with Crippen LogP contribution < -0.4 is 0 Å². The maximum absolute atomic E-state index is 5.21. The first-order valence-corrected chi connectivity index (χ1v) is 21.4. The van der Waals surface area contributed by atoms with Crippen molar-refractivity contribution in [1.82, 2.24) is 14.5 Å². The zero-order chi connectivity index (χ0) is 41.4. The number of nitrogens with zero attached hydrogens (tertiary/aromatic N) is 3. The van der Waals surface area contributed by atoms with Crippen LogP contribution in [0.4, 0.5) is 0 Å². The van der Waals surface area contributed by atoms with Crippen LogP contribution in [0.3, 0.4) is 0 Å². The van der Waals surface area contributed by atoms with Gasteiger partial charge >= 0.3 is 0 Å². The van der Waals surface area contributed by atoms with Crippen LogP contribution in [0, 0.1) is 0 Å². The van der Waals surface area contributed by atoms with Gasteiger partial charge in [-0.1, -0.05) is 178 Å². The molecule has 12 rings (SSSR count). The molecule has 0 atom stereocenters. The molecule has 0 saturated heterocycles. The summed E-state index contributed by atoms with van der Waals surface area (Å²) in [5, 5.41) is 5.04. The van der Waals surface area contributed by atoms with Crippen molar-refractivity contribution in [3.8, 4) is 73.0 Å². The summed E-state index contributed by atoms with van der Waals surface area (Å²) >= 11 is 0. The van der Waals surface area contributed by atoms with Crippen LogP contribution in [0.25, 0.3) is 106 Å². The van der Waals surface area contributed by atoms with E-state index in [0.29, 0.717) is 5.82 Å². The summed E-state index contributed by atoms with van der Waals surface area (Å²) in [5.74, 6) is 0.702. The van der Waals surface area contributed by atoms with Crippen LogP contribution >= 0.6 is 0 Å². The van der Waals surface area contributed by atoms with Gasteiger partial charge in [0.05, 0.1) is 22.4 Å². The first kappa shape index (κ1) is 36.0. The maximum atomic E-state index is 5.21. The number of fused-ring (bicyclic) bond motifs is 7. The highest BCUT2D eigenvalue weighted by Crippen LogP contribution is 2.53. The second-order valence-electron chi connectivity index (χ2n) is 17.0. The third kappa shape index (κ3) is 5.81. The molecule has 0 saturated carbocycles. The summed E-state index contributed by atoms with van der Waals surface area (Å²) in [7, 11) is 0. The summed E-state index contributed by atoms with van der Waals surface area (Å²) < 4.78 is 2.37. The highest BCUT2D eigenvalue weighted by atomic mass is 15.0. The SMILES string of the molecule is CC1(C)c2cc3ccccc3cc2-c2c(-c3ccc(-c4cc(-c5cccc(-c6ccc7c8ccccc8n(-c8ccccc8)c7c6)c5)nc(-c5ccccc5)n4)cc3)cccc21. The van der Waals surface area contributed by atoms with Gasteiger partial charge in [0.2, 0.25) is 0 Å².